The van der Waals surface area contributed by atoms with Crippen LogP contribution in [0.5, 0.6) is 0 Å². The Kier molecular flexibility index (Phi) is 5.05. The van der Waals surface area contributed by atoms with Crippen LogP contribution in [0.3, 0.4) is 0 Å². The third-order valence-corrected chi connectivity index (χ3v) is 6.15. The van der Waals surface area contributed by atoms with E-state index in [1.807, 2.05) is 6.92 Å². The first-order valence-corrected chi connectivity index (χ1v) is 9.45. The van der Waals surface area contributed by atoms with Crippen LogP contribution < -0.4 is 5.56 Å². The Labute approximate surface area is 143 Å². The standard InChI is InChI=1S/C16H19N3O2S2/c1-10(9-17)22-16-18-14-13(11-5-3-6-12(11)23-14)15(20)19(16)7-4-8-21-2/h10H,3-8H2,1-2H3/t10-/m1/s1. The maximum Gasteiger partial charge on any atom is 0.263 e. The van der Waals surface area contributed by atoms with Gasteiger partial charge < -0.3 is 4.74 Å². The summed E-state index contributed by atoms with van der Waals surface area (Å²) in [6.45, 7) is 3.00. The number of hydrogen-bond donors (Lipinski definition) is 0. The molecule has 0 saturated carbocycles. The van der Waals surface area contributed by atoms with E-state index in [1.165, 1.54) is 22.2 Å². The zero-order chi connectivity index (χ0) is 16.4. The zero-order valence-corrected chi connectivity index (χ0v) is 14.9. The van der Waals surface area contributed by atoms with Crippen molar-refractivity contribution in [2.24, 2.45) is 0 Å². The predicted molar refractivity (Wildman–Crippen MR) is 93.3 cm³/mol. The summed E-state index contributed by atoms with van der Waals surface area (Å²) in [6, 6.07) is 2.20. The molecule has 0 spiro atoms. The van der Waals surface area contributed by atoms with E-state index in [2.05, 4.69) is 6.07 Å². The van der Waals surface area contributed by atoms with Crippen LogP contribution >= 0.6 is 23.1 Å². The Hall–Kier alpha value is -1.36. The van der Waals surface area contributed by atoms with E-state index >= 15 is 0 Å². The summed E-state index contributed by atoms with van der Waals surface area (Å²) < 4.78 is 6.83. The Morgan fingerprint density at radius 2 is 2.35 bits per heavy atom. The van der Waals surface area contributed by atoms with E-state index in [4.69, 9.17) is 15.0 Å². The van der Waals surface area contributed by atoms with Crippen molar-refractivity contribution in [2.45, 2.75) is 49.6 Å². The number of nitriles is 1. The average molecular weight is 349 g/mol. The fourth-order valence-corrected chi connectivity index (χ4v) is 5.02. The van der Waals surface area contributed by atoms with Gasteiger partial charge in [0.15, 0.2) is 5.16 Å². The molecule has 0 bridgehead atoms. The number of thioether (sulfide) groups is 1. The molecule has 2 aromatic rings. The molecule has 0 aliphatic heterocycles. The van der Waals surface area contributed by atoms with Crippen LogP contribution in [0.25, 0.3) is 10.2 Å². The lowest BCUT2D eigenvalue weighted by Crippen LogP contribution is -2.24. The summed E-state index contributed by atoms with van der Waals surface area (Å²) in [5.74, 6) is 0. The smallest absolute Gasteiger partial charge is 0.263 e. The highest BCUT2D eigenvalue weighted by atomic mass is 32.2. The number of rotatable bonds is 6. The van der Waals surface area contributed by atoms with Crippen molar-refractivity contribution in [1.29, 1.82) is 5.26 Å². The van der Waals surface area contributed by atoms with Gasteiger partial charge in [-0.05, 0) is 38.2 Å². The molecule has 1 aliphatic rings. The van der Waals surface area contributed by atoms with Crippen LogP contribution in [0.1, 0.15) is 30.2 Å². The average Bonchev–Trinajstić information content (AvgIpc) is 3.10. The fourth-order valence-electron chi connectivity index (χ4n) is 2.90. The third kappa shape index (κ3) is 3.16. The van der Waals surface area contributed by atoms with Crippen molar-refractivity contribution < 1.29 is 4.74 Å². The number of fused-ring (bicyclic) bond motifs is 3. The summed E-state index contributed by atoms with van der Waals surface area (Å²) in [7, 11) is 1.66. The lowest BCUT2D eigenvalue weighted by Gasteiger charge is -2.12. The number of hydrogen-bond acceptors (Lipinski definition) is 6. The lowest BCUT2D eigenvalue weighted by molar-refractivity contribution is 0.189. The molecule has 2 heterocycles. The summed E-state index contributed by atoms with van der Waals surface area (Å²) >= 11 is 3.00. The van der Waals surface area contributed by atoms with Crippen molar-refractivity contribution in [1.82, 2.24) is 9.55 Å². The van der Waals surface area contributed by atoms with E-state index in [0.717, 1.165) is 35.9 Å². The molecule has 2 aromatic heterocycles. The summed E-state index contributed by atoms with van der Waals surface area (Å²) in [6.07, 6.45) is 3.91. The van der Waals surface area contributed by atoms with Crippen LogP contribution in [0.4, 0.5) is 0 Å². The van der Waals surface area contributed by atoms with E-state index in [9.17, 15) is 4.79 Å². The molecule has 122 valence electrons. The molecule has 1 atom stereocenters. The Morgan fingerprint density at radius 1 is 1.52 bits per heavy atom. The van der Waals surface area contributed by atoms with Gasteiger partial charge in [0.2, 0.25) is 0 Å². The number of ether oxygens (including phenoxy) is 1. The monoisotopic (exact) mass is 349 g/mol. The third-order valence-electron chi connectivity index (χ3n) is 3.98. The molecule has 23 heavy (non-hydrogen) atoms. The zero-order valence-electron chi connectivity index (χ0n) is 13.3. The van der Waals surface area contributed by atoms with Gasteiger partial charge in [-0.15, -0.1) is 11.3 Å². The van der Waals surface area contributed by atoms with Gasteiger partial charge in [-0.1, -0.05) is 11.8 Å². The van der Waals surface area contributed by atoms with Gasteiger partial charge in [-0.25, -0.2) is 4.98 Å². The second kappa shape index (κ2) is 7.04. The van der Waals surface area contributed by atoms with Crippen LogP contribution in [0.15, 0.2) is 9.95 Å². The molecule has 0 radical (unpaired) electrons. The molecule has 0 N–H and O–H groups in total. The van der Waals surface area contributed by atoms with Gasteiger partial charge in [-0.2, -0.15) is 5.26 Å². The minimum absolute atomic E-state index is 0.0399. The molecule has 0 fully saturated rings. The molecule has 1 aliphatic carbocycles. The van der Waals surface area contributed by atoms with Gasteiger partial charge >= 0.3 is 0 Å². The highest BCUT2D eigenvalue weighted by Gasteiger charge is 2.23. The van der Waals surface area contributed by atoms with Crippen molar-refractivity contribution in [3.63, 3.8) is 0 Å². The predicted octanol–water partition coefficient (Wildman–Crippen LogP) is 2.99. The number of thiophene rings is 1. The summed E-state index contributed by atoms with van der Waals surface area (Å²) in [4.78, 5) is 19.9. The van der Waals surface area contributed by atoms with Crippen LogP contribution in [-0.4, -0.2) is 28.5 Å². The van der Waals surface area contributed by atoms with Gasteiger partial charge in [-0.3, -0.25) is 9.36 Å². The SMILES string of the molecule is COCCCn1c(S[C@H](C)C#N)nc2sc3c(c2c1=O)CCC3. The minimum Gasteiger partial charge on any atom is -0.385 e. The van der Waals surface area contributed by atoms with Crippen LogP contribution in [-0.2, 0) is 24.1 Å². The van der Waals surface area contributed by atoms with E-state index < -0.39 is 0 Å². The first-order chi connectivity index (χ1) is 11.2. The molecule has 5 nitrogen and oxygen atoms in total. The fraction of sp³-hybridized carbons (Fsp3) is 0.562. The van der Waals surface area contributed by atoms with Gasteiger partial charge in [0.05, 0.1) is 16.7 Å². The largest absolute Gasteiger partial charge is 0.385 e. The van der Waals surface area contributed by atoms with E-state index in [0.29, 0.717) is 18.3 Å². The lowest BCUT2D eigenvalue weighted by atomic mass is 10.2. The molecule has 0 amide bonds. The van der Waals surface area contributed by atoms with Gasteiger partial charge in [0.25, 0.3) is 5.56 Å². The molecular weight excluding hydrogens is 330 g/mol. The highest BCUT2D eigenvalue weighted by Crippen LogP contribution is 2.35. The summed E-state index contributed by atoms with van der Waals surface area (Å²) in [5, 5.41) is 10.3. The number of methoxy groups -OCH3 is 1. The second-order valence-electron chi connectivity index (χ2n) is 5.62. The van der Waals surface area contributed by atoms with E-state index in [-0.39, 0.29) is 10.8 Å². The Morgan fingerprint density at radius 3 is 3.09 bits per heavy atom. The minimum atomic E-state index is -0.236. The van der Waals surface area contributed by atoms with E-state index in [1.54, 1.807) is 23.0 Å². The van der Waals surface area contributed by atoms with Gasteiger partial charge in [0, 0.05) is 25.1 Å². The Bertz CT molecular complexity index is 819. The molecular formula is C16H19N3O2S2. The normalized spacial score (nSPS) is 14.8. The molecule has 0 saturated heterocycles. The molecule has 3 rings (SSSR count). The topological polar surface area (TPSA) is 67.9 Å². The van der Waals surface area contributed by atoms with Crippen molar-refractivity contribution >= 4 is 33.3 Å². The summed E-state index contributed by atoms with van der Waals surface area (Å²) in [5.41, 5.74) is 1.24. The second-order valence-corrected chi connectivity index (χ2v) is 8.02. The number of aromatic nitrogens is 2. The number of nitrogens with zero attached hydrogens (tertiary/aromatic N) is 3. The van der Waals surface area contributed by atoms with Crippen molar-refractivity contribution in [3.05, 3.63) is 20.8 Å². The van der Waals surface area contributed by atoms with Gasteiger partial charge in [0.1, 0.15) is 4.83 Å². The quantitative estimate of drug-likeness (QED) is 0.456. The van der Waals surface area contributed by atoms with Crippen LogP contribution in [0, 0.1) is 11.3 Å². The first kappa shape index (κ1) is 16.5. The molecule has 0 unspecified atom stereocenters. The van der Waals surface area contributed by atoms with Crippen LogP contribution in [0.2, 0.25) is 0 Å². The molecule has 0 aromatic carbocycles. The number of aryl methyl sites for hydroxylation is 2. The van der Waals surface area contributed by atoms with Crippen molar-refractivity contribution in [3.8, 4) is 6.07 Å². The maximum atomic E-state index is 13.0. The highest BCUT2D eigenvalue weighted by molar-refractivity contribution is 8.00. The van der Waals surface area contributed by atoms with Crippen molar-refractivity contribution in [2.75, 3.05) is 13.7 Å². The first-order valence-electron chi connectivity index (χ1n) is 7.76. The maximum absolute atomic E-state index is 13.0. The molecule has 7 heteroatoms. The Balaban J connectivity index is 2.10.